The number of hydrogen-bond acceptors (Lipinski definition) is 3. The van der Waals surface area contributed by atoms with E-state index in [1.807, 2.05) is 0 Å². The number of rotatable bonds is 1. The van der Waals surface area contributed by atoms with Crippen LogP contribution in [-0.2, 0) is 0 Å². The van der Waals surface area contributed by atoms with Crippen LogP contribution in [0.1, 0.15) is 49.3 Å². The lowest BCUT2D eigenvalue weighted by atomic mass is 9.94. The average molecular weight is 462 g/mol. The van der Waals surface area contributed by atoms with Gasteiger partial charge in [0.05, 0.1) is 16.2 Å². The Balaban J connectivity index is 1.65. The van der Waals surface area contributed by atoms with Crippen molar-refractivity contribution in [2.24, 2.45) is 5.10 Å². The molecular weight excluding hydrogens is 444 g/mol. The van der Waals surface area contributed by atoms with Gasteiger partial charge in [-0.1, -0.05) is 46.3 Å². The molecule has 1 atom stereocenters. The smallest absolute Gasteiger partial charge is 0.198 e. The second-order valence-electron chi connectivity index (χ2n) is 7.04. The van der Waals surface area contributed by atoms with E-state index in [9.17, 15) is 0 Å². The molecule has 1 spiro atoms. The third kappa shape index (κ3) is 2.47. The van der Waals surface area contributed by atoms with Crippen LogP contribution in [0, 0.1) is 0 Å². The van der Waals surface area contributed by atoms with Crippen LogP contribution >= 0.6 is 31.9 Å². The Morgan fingerprint density at radius 1 is 1.08 bits per heavy atom. The zero-order valence-electron chi connectivity index (χ0n) is 13.7. The number of halogens is 2. The quantitative estimate of drug-likeness (QED) is 0.518. The Kier molecular flexibility index (Phi) is 3.72. The maximum atomic E-state index is 6.62. The fraction of sp³-hybridized carbons (Fsp3) is 0.350. The van der Waals surface area contributed by atoms with Crippen molar-refractivity contribution in [3.63, 3.8) is 0 Å². The summed E-state index contributed by atoms with van der Waals surface area (Å²) in [6.45, 7) is 0. The molecule has 5 heteroatoms. The molecule has 2 heterocycles. The van der Waals surface area contributed by atoms with Crippen LogP contribution < -0.4 is 4.74 Å². The van der Waals surface area contributed by atoms with E-state index in [0.29, 0.717) is 0 Å². The van der Waals surface area contributed by atoms with E-state index in [2.05, 4.69) is 79.3 Å². The summed E-state index contributed by atoms with van der Waals surface area (Å²) in [4.78, 5) is 0. The topological polar surface area (TPSA) is 24.8 Å². The number of hydrogen-bond donors (Lipinski definition) is 0. The first-order valence-electron chi connectivity index (χ1n) is 8.76. The van der Waals surface area contributed by atoms with Crippen LogP contribution in [0.2, 0.25) is 0 Å². The van der Waals surface area contributed by atoms with Gasteiger partial charge in [-0.25, -0.2) is 5.01 Å². The molecule has 2 aliphatic heterocycles. The van der Waals surface area contributed by atoms with Crippen LogP contribution in [0.15, 0.2) is 56.5 Å². The Bertz CT molecular complexity index is 859. The molecule has 0 radical (unpaired) electrons. The molecule has 0 saturated heterocycles. The van der Waals surface area contributed by atoms with Crippen molar-refractivity contribution in [2.45, 2.75) is 43.9 Å². The number of hydrazone groups is 1. The van der Waals surface area contributed by atoms with E-state index in [1.54, 1.807) is 0 Å². The van der Waals surface area contributed by atoms with Gasteiger partial charge in [-0.05, 0) is 46.5 Å². The molecule has 0 bridgehead atoms. The van der Waals surface area contributed by atoms with Gasteiger partial charge in [0.1, 0.15) is 5.75 Å². The fourth-order valence-corrected chi connectivity index (χ4v) is 5.70. The van der Waals surface area contributed by atoms with Gasteiger partial charge in [0.15, 0.2) is 5.72 Å². The molecule has 2 aromatic carbocycles. The van der Waals surface area contributed by atoms with Crippen LogP contribution in [0.25, 0.3) is 0 Å². The summed E-state index contributed by atoms with van der Waals surface area (Å²) in [6.07, 6.45) is 5.39. The monoisotopic (exact) mass is 460 g/mol. The zero-order valence-corrected chi connectivity index (χ0v) is 16.9. The summed E-state index contributed by atoms with van der Waals surface area (Å²) < 4.78 is 8.71. The first-order chi connectivity index (χ1) is 12.2. The molecule has 1 aliphatic carbocycles. The van der Waals surface area contributed by atoms with Crippen LogP contribution in [-0.4, -0.2) is 16.4 Å². The van der Waals surface area contributed by atoms with Gasteiger partial charge in [0.2, 0.25) is 0 Å². The minimum atomic E-state index is -0.287. The lowest BCUT2D eigenvalue weighted by Crippen LogP contribution is -2.51. The molecule has 0 unspecified atom stereocenters. The minimum absolute atomic E-state index is 0.242. The number of nitrogens with zero attached hydrogens (tertiary/aromatic N) is 2. The van der Waals surface area contributed by atoms with Crippen LogP contribution in [0.4, 0.5) is 0 Å². The van der Waals surface area contributed by atoms with Crippen molar-refractivity contribution < 1.29 is 4.74 Å². The van der Waals surface area contributed by atoms with Gasteiger partial charge >= 0.3 is 0 Å². The van der Waals surface area contributed by atoms with Gasteiger partial charge in [0, 0.05) is 29.3 Å². The van der Waals surface area contributed by atoms with Gasteiger partial charge < -0.3 is 4.74 Å². The van der Waals surface area contributed by atoms with Gasteiger partial charge in [-0.15, -0.1) is 0 Å². The summed E-state index contributed by atoms with van der Waals surface area (Å²) >= 11 is 7.34. The summed E-state index contributed by atoms with van der Waals surface area (Å²) in [5, 5.41) is 7.34. The van der Waals surface area contributed by atoms with E-state index < -0.39 is 0 Å². The first kappa shape index (κ1) is 15.9. The fourth-order valence-electron chi connectivity index (χ4n) is 4.36. The van der Waals surface area contributed by atoms with E-state index in [0.717, 1.165) is 39.7 Å². The molecule has 3 nitrogen and oxygen atoms in total. The minimum Gasteiger partial charge on any atom is -0.465 e. The van der Waals surface area contributed by atoms with Crippen LogP contribution in [0.3, 0.4) is 0 Å². The van der Waals surface area contributed by atoms with E-state index >= 15 is 0 Å². The summed E-state index contributed by atoms with van der Waals surface area (Å²) in [6, 6.07) is 15.0. The number of ether oxygens (including phenoxy) is 1. The molecule has 0 N–H and O–H groups in total. The lowest BCUT2D eigenvalue weighted by molar-refractivity contribution is -0.114. The second-order valence-corrected chi connectivity index (χ2v) is 8.81. The largest absolute Gasteiger partial charge is 0.465 e. The molecule has 0 aromatic heterocycles. The van der Waals surface area contributed by atoms with Crippen LogP contribution in [0.5, 0.6) is 5.75 Å². The highest BCUT2D eigenvalue weighted by Gasteiger charge is 2.52. The van der Waals surface area contributed by atoms with E-state index in [1.165, 1.54) is 24.0 Å². The van der Waals surface area contributed by atoms with Gasteiger partial charge in [-0.3, -0.25) is 0 Å². The summed E-state index contributed by atoms with van der Waals surface area (Å²) in [7, 11) is 0. The van der Waals surface area contributed by atoms with Crippen molar-refractivity contribution in [3.8, 4) is 5.75 Å². The van der Waals surface area contributed by atoms with E-state index in [-0.39, 0.29) is 11.8 Å². The molecule has 1 fully saturated rings. The zero-order chi connectivity index (χ0) is 17.0. The molecule has 3 aliphatic rings. The second kappa shape index (κ2) is 5.85. The molecule has 2 aromatic rings. The average Bonchev–Trinajstić information content (AvgIpc) is 3.26. The van der Waals surface area contributed by atoms with Crippen molar-refractivity contribution in [2.75, 3.05) is 0 Å². The molecule has 25 heavy (non-hydrogen) atoms. The highest BCUT2D eigenvalue weighted by Crippen LogP contribution is 2.54. The maximum absolute atomic E-state index is 6.62. The number of fused-ring (bicyclic) bond motifs is 4. The highest BCUT2D eigenvalue weighted by atomic mass is 79.9. The SMILES string of the molecule is Brc1cc(Br)c2c(c1)[C@@H]1CC(c3ccccc3)=NN1C1(CCCC1)O2. The summed E-state index contributed by atoms with van der Waals surface area (Å²) in [5.41, 5.74) is 3.29. The predicted octanol–water partition coefficient (Wildman–Crippen LogP) is 6.03. The molecule has 1 saturated carbocycles. The van der Waals surface area contributed by atoms with Crippen molar-refractivity contribution in [1.29, 1.82) is 0 Å². The molecule has 128 valence electrons. The van der Waals surface area contributed by atoms with E-state index in [4.69, 9.17) is 9.84 Å². The third-order valence-corrected chi connectivity index (χ3v) is 6.55. The Hall–Kier alpha value is -1.33. The van der Waals surface area contributed by atoms with Crippen molar-refractivity contribution in [1.82, 2.24) is 5.01 Å². The highest BCUT2D eigenvalue weighted by molar-refractivity contribution is 9.11. The maximum Gasteiger partial charge on any atom is 0.198 e. The van der Waals surface area contributed by atoms with Gasteiger partial charge in [-0.2, -0.15) is 5.10 Å². The molecular formula is C20H18Br2N2O. The Morgan fingerprint density at radius 3 is 2.60 bits per heavy atom. The molecule has 0 amide bonds. The van der Waals surface area contributed by atoms with Crippen molar-refractivity contribution in [3.05, 3.63) is 62.5 Å². The number of benzene rings is 2. The Morgan fingerprint density at radius 2 is 1.84 bits per heavy atom. The van der Waals surface area contributed by atoms with Crippen molar-refractivity contribution >= 4 is 37.6 Å². The normalized spacial score (nSPS) is 23.2. The molecule has 5 rings (SSSR count). The first-order valence-corrected chi connectivity index (χ1v) is 10.4. The lowest BCUT2D eigenvalue weighted by Gasteiger charge is -2.46. The summed E-state index contributed by atoms with van der Waals surface area (Å²) in [5.74, 6) is 0.996. The third-order valence-electron chi connectivity index (χ3n) is 5.51. The van der Waals surface area contributed by atoms with Gasteiger partial charge in [0.25, 0.3) is 0 Å². The predicted molar refractivity (Wildman–Crippen MR) is 106 cm³/mol. The standard InChI is InChI=1S/C20H18Br2N2O/c21-14-10-15-18-12-17(13-6-2-1-3-7-13)23-24(18)20(8-4-5-9-20)25-19(15)16(22)11-14/h1-3,6-7,10-11,18H,4-5,8-9,12H2/t18-/m0/s1. The Labute approximate surface area is 164 Å².